The molecule has 0 atom stereocenters. The summed E-state index contributed by atoms with van der Waals surface area (Å²) in [5.74, 6) is 0. The van der Waals surface area contributed by atoms with Crippen LogP contribution in [-0.4, -0.2) is 9.78 Å². The summed E-state index contributed by atoms with van der Waals surface area (Å²) in [6.45, 7) is 2.32. The molecule has 16 heavy (non-hydrogen) atoms. The fraction of sp³-hybridized carbons (Fsp3) is 0.167. The highest BCUT2D eigenvalue weighted by Gasteiger charge is 1.99. The summed E-state index contributed by atoms with van der Waals surface area (Å²) in [5.41, 5.74) is 8.10. The van der Waals surface area contributed by atoms with Gasteiger partial charge in [0.2, 0.25) is 0 Å². The van der Waals surface area contributed by atoms with E-state index in [1.807, 2.05) is 31.2 Å². The van der Waals surface area contributed by atoms with Crippen molar-refractivity contribution in [3.63, 3.8) is 0 Å². The molecule has 4 heteroatoms. The van der Waals surface area contributed by atoms with E-state index in [4.69, 9.17) is 5.73 Å². The molecule has 0 amide bonds. The molecule has 1 aromatic heterocycles. The van der Waals surface area contributed by atoms with Gasteiger partial charge in [0.15, 0.2) is 0 Å². The molecule has 0 unspecified atom stereocenters. The van der Waals surface area contributed by atoms with Crippen molar-refractivity contribution in [2.75, 3.05) is 5.73 Å². The molecule has 82 valence electrons. The van der Waals surface area contributed by atoms with E-state index < -0.39 is 0 Å². The molecule has 0 radical (unpaired) electrons. The van der Waals surface area contributed by atoms with Gasteiger partial charge in [-0.2, -0.15) is 5.10 Å². The van der Waals surface area contributed by atoms with Crippen LogP contribution in [0.2, 0.25) is 0 Å². The van der Waals surface area contributed by atoms with Crippen molar-refractivity contribution in [2.45, 2.75) is 13.5 Å². The van der Waals surface area contributed by atoms with Crippen LogP contribution in [0.4, 0.5) is 5.69 Å². The second-order valence-corrected chi connectivity index (χ2v) is 3.77. The molecular formula is C12H13N3O. The Hall–Kier alpha value is -2.10. The first kappa shape index (κ1) is 10.4. The number of benzene rings is 1. The summed E-state index contributed by atoms with van der Waals surface area (Å²) >= 11 is 0. The molecule has 0 aliphatic carbocycles. The van der Waals surface area contributed by atoms with Crippen molar-refractivity contribution in [3.05, 3.63) is 58.0 Å². The first-order chi connectivity index (χ1) is 7.65. The minimum atomic E-state index is -0.0863. The fourth-order valence-electron chi connectivity index (χ4n) is 1.44. The first-order valence-corrected chi connectivity index (χ1v) is 5.03. The van der Waals surface area contributed by atoms with E-state index in [9.17, 15) is 4.79 Å². The van der Waals surface area contributed by atoms with Crippen LogP contribution in [-0.2, 0) is 6.54 Å². The van der Waals surface area contributed by atoms with Crippen LogP contribution in [0.1, 0.15) is 11.1 Å². The largest absolute Gasteiger partial charge is 0.399 e. The number of rotatable bonds is 2. The maximum atomic E-state index is 11.6. The monoisotopic (exact) mass is 215 g/mol. The second kappa shape index (κ2) is 4.18. The van der Waals surface area contributed by atoms with Crippen LogP contribution in [0.5, 0.6) is 0 Å². The Morgan fingerprint density at radius 2 is 2.00 bits per heavy atom. The standard InChI is InChI=1S/C12H13N3O/c1-9-6-12(16)15(14-7-9)8-10-2-4-11(13)5-3-10/h2-7H,8,13H2,1H3. The molecule has 4 nitrogen and oxygen atoms in total. The lowest BCUT2D eigenvalue weighted by molar-refractivity contribution is 0.636. The molecule has 0 aliphatic heterocycles. The SMILES string of the molecule is Cc1cnn(Cc2ccc(N)cc2)c(=O)c1. The van der Waals surface area contributed by atoms with Gasteiger partial charge >= 0.3 is 0 Å². The summed E-state index contributed by atoms with van der Waals surface area (Å²) in [6, 6.07) is 8.99. The highest BCUT2D eigenvalue weighted by atomic mass is 16.1. The third-order valence-corrected chi connectivity index (χ3v) is 2.32. The maximum absolute atomic E-state index is 11.6. The number of nitrogens with zero attached hydrogens (tertiary/aromatic N) is 2. The summed E-state index contributed by atoms with van der Waals surface area (Å²) in [7, 11) is 0. The molecule has 0 bridgehead atoms. The molecule has 2 rings (SSSR count). The predicted octanol–water partition coefficient (Wildman–Crippen LogP) is 1.18. The highest BCUT2D eigenvalue weighted by molar-refractivity contribution is 5.39. The fourth-order valence-corrected chi connectivity index (χ4v) is 1.44. The molecule has 0 spiro atoms. The molecule has 1 heterocycles. The molecule has 2 aromatic rings. The maximum Gasteiger partial charge on any atom is 0.267 e. The van der Waals surface area contributed by atoms with Gasteiger partial charge in [-0.1, -0.05) is 12.1 Å². The minimum absolute atomic E-state index is 0.0863. The molecule has 0 saturated carbocycles. The smallest absolute Gasteiger partial charge is 0.267 e. The van der Waals surface area contributed by atoms with E-state index in [0.29, 0.717) is 12.2 Å². The van der Waals surface area contributed by atoms with Crippen molar-refractivity contribution >= 4 is 5.69 Å². The Bertz CT molecular complexity index is 543. The average molecular weight is 215 g/mol. The molecule has 0 aliphatic rings. The van der Waals surface area contributed by atoms with Crippen molar-refractivity contribution < 1.29 is 0 Å². The summed E-state index contributed by atoms with van der Waals surface area (Å²) < 4.78 is 1.43. The van der Waals surface area contributed by atoms with E-state index in [1.54, 1.807) is 12.3 Å². The Morgan fingerprint density at radius 1 is 1.31 bits per heavy atom. The first-order valence-electron chi connectivity index (χ1n) is 5.03. The summed E-state index contributed by atoms with van der Waals surface area (Å²) in [5, 5.41) is 4.07. The number of nitrogens with two attached hydrogens (primary N) is 1. The number of aromatic nitrogens is 2. The zero-order valence-corrected chi connectivity index (χ0v) is 9.05. The van der Waals surface area contributed by atoms with Gasteiger partial charge < -0.3 is 5.73 Å². The highest BCUT2D eigenvalue weighted by Crippen LogP contribution is 2.05. The molecule has 0 saturated heterocycles. The lowest BCUT2D eigenvalue weighted by Crippen LogP contribution is -2.22. The van der Waals surface area contributed by atoms with E-state index in [1.165, 1.54) is 4.68 Å². The van der Waals surface area contributed by atoms with Crippen LogP contribution in [0.15, 0.2) is 41.3 Å². The van der Waals surface area contributed by atoms with Gasteiger partial charge in [0.05, 0.1) is 12.7 Å². The van der Waals surface area contributed by atoms with Crippen LogP contribution in [0, 0.1) is 6.92 Å². The van der Waals surface area contributed by atoms with Gasteiger partial charge in [-0.05, 0) is 30.2 Å². The quantitative estimate of drug-likeness (QED) is 0.765. The van der Waals surface area contributed by atoms with Crippen molar-refractivity contribution in [1.29, 1.82) is 0 Å². The van der Waals surface area contributed by atoms with Gasteiger partial charge in [-0.15, -0.1) is 0 Å². The predicted molar refractivity (Wildman–Crippen MR) is 63.2 cm³/mol. The van der Waals surface area contributed by atoms with Gasteiger partial charge in [-0.25, -0.2) is 4.68 Å². The van der Waals surface area contributed by atoms with E-state index in [0.717, 1.165) is 11.1 Å². The van der Waals surface area contributed by atoms with Crippen molar-refractivity contribution in [1.82, 2.24) is 9.78 Å². The average Bonchev–Trinajstić information content (AvgIpc) is 2.25. The third kappa shape index (κ3) is 2.28. The van der Waals surface area contributed by atoms with E-state index in [2.05, 4.69) is 5.10 Å². The molecular weight excluding hydrogens is 202 g/mol. The number of hydrogen-bond donors (Lipinski definition) is 1. The summed E-state index contributed by atoms with van der Waals surface area (Å²) in [4.78, 5) is 11.6. The lowest BCUT2D eigenvalue weighted by atomic mass is 10.2. The van der Waals surface area contributed by atoms with Crippen molar-refractivity contribution in [2.24, 2.45) is 0 Å². The van der Waals surface area contributed by atoms with Gasteiger partial charge in [0.25, 0.3) is 5.56 Å². The number of nitrogen functional groups attached to an aromatic ring is 1. The van der Waals surface area contributed by atoms with Gasteiger partial charge in [-0.3, -0.25) is 4.79 Å². The minimum Gasteiger partial charge on any atom is -0.399 e. The summed E-state index contributed by atoms with van der Waals surface area (Å²) in [6.07, 6.45) is 1.68. The van der Waals surface area contributed by atoms with E-state index >= 15 is 0 Å². The number of anilines is 1. The zero-order valence-electron chi connectivity index (χ0n) is 9.05. The van der Waals surface area contributed by atoms with E-state index in [-0.39, 0.29) is 5.56 Å². The van der Waals surface area contributed by atoms with Gasteiger partial charge in [0.1, 0.15) is 0 Å². The van der Waals surface area contributed by atoms with Crippen LogP contribution < -0.4 is 11.3 Å². The van der Waals surface area contributed by atoms with Gasteiger partial charge in [0, 0.05) is 11.8 Å². The topological polar surface area (TPSA) is 60.9 Å². The van der Waals surface area contributed by atoms with Crippen LogP contribution in [0.3, 0.4) is 0 Å². The molecule has 1 aromatic carbocycles. The van der Waals surface area contributed by atoms with Crippen LogP contribution >= 0.6 is 0 Å². The Labute approximate surface area is 93.3 Å². The van der Waals surface area contributed by atoms with Crippen molar-refractivity contribution in [3.8, 4) is 0 Å². The molecule has 0 fully saturated rings. The normalized spacial score (nSPS) is 10.3. The number of aryl methyl sites for hydroxylation is 1. The Balaban J connectivity index is 2.27. The Morgan fingerprint density at radius 3 is 2.62 bits per heavy atom. The van der Waals surface area contributed by atoms with Crippen LogP contribution in [0.25, 0.3) is 0 Å². The number of hydrogen-bond acceptors (Lipinski definition) is 3. The molecule has 2 N–H and O–H groups in total. The third-order valence-electron chi connectivity index (χ3n) is 2.32. The Kier molecular flexibility index (Phi) is 2.72. The second-order valence-electron chi connectivity index (χ2n) is 3.77. The zero-order chi connectivity index (χ0) is 11.5. The lowest BCUT2D eigenvalue weighted by Gasteiger charge is -2.04.